The van der Waals surface area contributed by atoms with Crippen LogP contribution < -0.4 is 4.72 Å². The summed E-state index contributed by atoms with van der Waals surface area (Å²) >= 11 is 0. The topological polar surface area (TPSA) is 98.0 Å². The summed E-state index contributed by atoms with van der Waals surface area (Å²) in [6, 6.07) is 16.1. The van der Waals surface area contributed by atoms with E-state index in [0.29, 0.717) is 11.1 Å². The van der Waals surface area contributed by atoms with Crippen LogP contribution in [0, 0.1) is 5.82 Å². The van der Waals surface area contributed by atoms with Crippen molar-refractivity contribution < 1.29 is 17.2 Å². The zero-order valence-corrected chi connectivity index (χ0v) is 15.8. The molecule has 0 atom stereocenters. The van der Waals surface area contributed by atoms with Crippen molar-refractivity contribution in [2.45, 2.75) is 11.4 Å². The number of pyridine rings is 1. The molecule has 0 spiro atoms. The number of benzene rings is 2. The van der Waals surface area contributed by atoms with Crippen LogP contribution in [0.3, 0.4) is 0 Å². The first-order valence-corrected chi connectivity index (χ1v) is 10.1. The summed E-state index contributed by atoms with van der Waals surface area (Å²) in [5, 5.41) is 7.92. The molecule has 0 radical (unpaired) electrons. The molecule has 1 N–H and O–H groups in total. The molecule has 9 heteroatoms. The molecule has 146 valence electrons. The largest absolute Gasteiger partial charge is 0.416 e. The number of hydrogen-bond acceptors (Lipinski definition) is 6. The van der Waals surface area contributed by atoms with Crippen LogP contribution in [0.15, 0.2) is 82.4 Å². The Kier molecular flexibility index (Phi) is 5.15. The van der Waals surface area contributed by atoms with Crippen molar-refractivity contribution in [3.8, 4) is 22.9 Å². The summed E-state index contributed by atoms with van der Waals surface area (Å²) in [7, 11) is -4.11. The zero-order valence-electron chi connectivity index (χ0n) is 15.0. The number of aromatic nitrogens is 3. The van der Waals surface area contributed by atoms with Gasteiger partial charge in [-0.3, -0.25) is 4.98 Å². The van der Waals surface area contributed by atoms with Crippen molar-refractivity contribution in [3.63, 3.8) is 0 Å². The van der Waals surface area contributed by atoms with Gasteiger partial charge in [0, 0.05) is 30.1 Å². The lowest BCUT2D eigenvalue weighted by Gasteiger charge is -2.08. The zero-order chi connectivity index (χ0) is 20.3. The maximum atomic E-state index is 14.3. The van der Waals surface area contributed by atoms with Gasteiger partial charge in [0.15, 0.2) is 0 Å². The highest BCUT2D eigenvalue weighted by molar-refractivity contribution is 7.89. The molecule has 4 aromatic rings. The molecular weight excluding hydrogens is 395 g/mol. The van der Waals surface area contributed by atoms with Gasteiger partial charge < -0.3 is 4.42 Å². The summed E-state index contributed by atoms with van der Waals surface area (Å²) in [4.78, 5) is 3.42. The second-order valence-electron chi connectivity index (χ2n) is 6.11. The van der Waals surface area contributed by atoms with Gasteiger partial charge in [-0.25, -0.2) is 17.5 Å². The Labute approximate surface area is 166 Å². The monoisotopic (exact) mass is 410 g/mol. The van der Waals surface area contributed by atoms with Crippen LogP contribution in [0.5, 0.6) is 0 Å². The van der Waals surface area contributed by atoms with Crippen LogP contribution in [0.2, 0.25) is 0 Å². The first kappa shape index (κ1) is 18.9. The minimum Gasteiger partial charge on any atom is -0.416 e. The Bertz CT molecular complexity index is 1230. The van der Waals surface area contributed by atoms with Crippen molar-refractivity contribution in [2.75, 3.05) is 0 Å². The van der Waals surface area contributed by atoms with E-state index < -0.39 is 20.7 Å². The third-order valence-corrected chi connectivity index (χ3v) is 5.52. The van der Waals surface area contributed by atoms with Crippen LogP contribution in [0.25, 0.3) is 22.9 Å². The van der Waals surface area contributed by atoms with Crippen molar-refractivity contribution in [1.82, 2.24) is 19.9 Å². The maximum Gasteiger partial charge on any atom is 0.248 e. The van der Waals surface area contributed by atoms with E-state index in [9.17, 15) is 12.8 Å². The number of halogens is 1. The predicted octanol–water partition coefficient (Wildman–Crippen LogP) is 3.42. The molecule has 4 rings (SSSR count). The third kappa shape index (κ3) is 4.20. The lowest BCUT2D eigenvalue weighted by molar-refractivity contribution is 0.555. The Morgan fingerprint density at radius 3 is 2.41 bits per heavy atom. The van der Waals surface area contributed by atoms with E-state index in [4.69, 9.17) is 4.42 Å². The number of nitrogens with zero attached hydrogens (tertiary/aromatic N) is 3. The van der Waals surface area contributed by atoms with Crippen LogP contribution in [0.4, 0.5) is 4.39 Å². The molecular formula is C20H15FN4O3S. The molecule has 0 saturated carbocycles. The van der Waals surface area contributed by atoms with Gasteiger partial charge in [0.05, 0.1) is 0 Å². The van der Waals surface area contributed by atoms with Gasteiger partial charge in [0.1, 0.15) is 10.7 Å². The Hall–Kier alpha value is -3.43. The minimum absolute atomic E-state index is 0.0153. The molecule has 29 heavy (non-hydrogen) atoms. The van der Waals surface area contributed by atoms with Crippen LogP contribution in [-0.2, 0) is 16.6 Å². The van der Waals surface area contributed by atoms with Gasteiger partial charge >= 0.3 is 0 Å². The number of rotatable bonds is 6. The van der Waals surface area contributed by atoms with E-state index in [1.807, 2.05) is 18.2 Å². The summed E-state index contributed by atoms with van der Waals surface area (Å²) in [5.74, 6) is -0.508. The molecule has 2 aromatic heterocycles. The highest BCUT2D eigenvalue weighted by atomic mass is 32.2. The SMILES string of the molecule is O=S(=O)(NCc1cccnc1)c1cc(-c2nnc(-c3ccccc3)o2)ccc1F. The second kappa shape index (κ2) is 7.90. The van der Waals surface area contributed by atoms with Gasteiger partial charge in [-0.05, 0) is 42.0 Å². The van der Waals surface area contributed by atoms with Crippen LogP contribution in [-0.4, -0.2) is 23.6 Å². The lowest BCUT2D eigenvalue weighted by Crippen LogP contribution is -2.24. The van der Waals surface area contributed by atoms with E-state index in [1.54, 1.807) is 30.5 Å². The fourth-order valence-corrected chi connectivity index (χ4v) is 3.76. The summed E-state index contributed by atoms with van der Waals surface area (Å²) in [6.07, 6.45) is 3.11. The van der Waals surface area contributed by atoms with Crippen molar-refractivity contribution in [2.24, 2.45) is 0 Å². The fraction of sp³-hybridized carbons (Fsp3) is 0.0500. The molecule has 0 bridgehead atoms. The molecule has 0 amide bonds. The second-order valence-corrected chi connectivity index (χ2v) is 7.84. The first-order chi connectivity index (χ1) is 14.0. The quantitative estimate of drug-likeness (QED) is 0.523. The molecule has 0 unspecified atom stereocenters. The maximum absolute atomic E-state index is 14.3. The van der Waals surface area contributed by atoms with Crippen molar-refractivity contribution >= 4 is 10.0 Å². The van der Waals surface area contributed by atoms with E-state index in [2.05, 4.69) is 19.9 Å². The van der Waals surface area contributed by atoms with E-state index in [0.717, 1.165) is 11.6 Å². The van der Waals surface area contributed by atoms with E-state index in [-0.39, 0.29) is 18.3 Å². The average Bonchev–Trinajstić information content (AvgIpc) is 3.24. The highest BCUT2D eigenvalue weighted by Gasteiger charge is 2.21. The van der Waals surface area contributed by atoms with Crippen molar-refractivity contribution in [1.29, 1.82) is 0 Å². The Morgan fingerprint density at radius 1 is 0.931 bits per heavy atom. The molecule has 0 aliphatic rings. The molecule has 2 heterocycles. The fourth-order valence-electron chi connectivity index (χ4n) is 2.64. The smallest absolute Gasteiger partial charge is 0.248 e. The molecule has 0 aliphatic heterocycles. The lowest BCUT2D eigenvalue weighted by atomic mass is 10.2. The molecule has 7 nitrogen and oxygen atoms in total. The molecule has 0 saturated heterocycles. The van der Waals surface area contributed by atoms with Gasteiger partial charge in [-0.2, -0.15) is 0 Å². The molecule has 0 aliphatic carbocycles. The summed E-state index contributed by atoms with van der Waals surface area (Å²) in [6.45, 7) is -0.0153. The van der Waals surface area contributed by atoms with Crippen LogP contribution >= 0.6 is 0 Å². The number of nitrogens with one attached hydrogen (secondary N) is 1. The minimum atomic E-state index is -4.11. The standard InChI is InChI=1S/C20H15FN4O3S/c21-17-9-8-16(20-25-24-19(28-20)15-6-2-1-3-7-15)11-18(17)29(26,27)23-13-14-5-4-10-22-12-14/h1-12,23H,13H2. The normalized spacial score (nSPS) is 11.5. The Morgan fingerprint density at radius 2 is 1.69 bits per heavy atom. The predicted molar refractivity (Wildman–Crippen MR) is 103 cm³/mol. The molecule has 0 fully saturated rings. The summed E-state index contributed by atoms with van der Waals surface area (Å²) in [5.41, 5.74) is 1.67. The van der Waals surface area contributed by atoms with Gasteiger partial charge in [0.25, 0.3) is 0 Å². The van der Waals surface area contributed by atoms with Gasteiger partial charge in [-0.1, -0.05) is 24.3 Å². The van der Waals surface area contributed by atoms with Gasteiger partial charge in [-0.15, -0.1) is 10.2 Å². The van der Waals surface area contributed by atoms with E-state index >= 15 is 0 Å². The first-order valence-electron chi connectivity index (χ1n) is 8.60. The highest BCUT2D eigenvalue weighted by Crippen LogP contribution is 2.27. The third-order valence-electron chi connectivity index (χ3n) is 4.10. The van der Waals surface area contributed by atoms with E-state index in [1.165, 1.54) is 18.3 Å². The number of hydrogen-bond donors (Lipinski definition) is 1. The molecule has 2 aromatic carbocycles. The van der Waals surface area contributed by atoms with Crippen molar-refractivity contribution in [3.05, 3.63) is 84.4 Å². The number of sulfonamides is 1. The Balaban J connectivity index is 1.62. The van der Waals surface area contributed by atoms with Gasteiger partial charge in [0.2, 0.25) is 21.8 Å². The average molecular weight is 410 g/mol. The summed E-state index contributed by atoms with van der Waals surface area (Å²) < 4.78 is 47.5. The van der Waals surface area contributed by atoms with Crippen LogP contribution in [0.1, 0.15) is 5.56 Å².